The second-order valence-corrected chi connectivity index (χ2v) is 6.63. The molecule has 1 aliphatic rings. The number of halogens is 1. The number of carboxylic acid groups (broad SMARTS) is 1. The van der Waals surface area contributed by atoms with Gasteiger partial charge in [0.05, 0.1) is 0 Å². The molecule has 6 heteroatoms. The second-order valence-electron chi connectivity index (χ2n) is 5.71. The van der Waals surface area contributed by atoms with Crippen LogP contribution in [-0.2, 0) is 6.54 Å². The molecule has 0 radical (unpaired) electrons. The van der Waals surface area contributed by atoms with E-state index < -0.39 is 6.09 Å². The van der Waals surface area contributed by atoms with Crippen molar-refractivity contribution in [1.29, 1.82) is 0 Å². The first-order valence-corrected chi connectivity index (χ1v) is 8.62. The van der Waals surface area contributed by atoms with Crippen LogP contribution in [0.25, 0.3) is 0 Å². The molecule has 24 heavy (non-hydrogen) atoms. The molecule has 1 heterocycles. The third kappa shape index (κ3) is 4.27. The van der Waals surface area contributed by atoms with Gasteiger partial charge in [-0.2, -0.15) is 0 Å². The van der Waals surface area contributed by atoms with Gasteiger partial charge in [-0.1, -0.05) is 40.2 Å². The Kier molecular flexibility index (Phi) is 5.37. The van der Waals surface area contributed by atoms with Gasteiger partial charge >= 0.3 is 6.09 Å². The molecule has 1 saturated heterocycles. The Morgan fingerprint density at radius 1 is 1.08 bits per heavy atom. The molecule has 2 aromatic rings. The number of rotatable bonds is 4. The second kappa shape index (κ2) is 7.68. The average molecular weight is 391 g/mol. The zero-order chi connectivity index (χ0) is 16.9. The third-order valence-corrected chi connectivity index (χ3v) is 4.53. The molecule has 1 aliphatic heterocycles. The number of amides is 1. The fraction of sp³-hybridized carbons (Fsp3) is 0.278. The molecule has 1 amide bonds. The van der Waals surface area contributed by atoms with E-state index in [2.05, 4.69) is 20.8 Å². The van der Waals surface area contributed by atoms with Crippen LogP contribution in [0.2, 0.25) is 0 Å². The topological polar surface area (TPSA) is 53.0 Å². The van der Waals surface area contributed by atoms with Crippen molar-refractivity contribution in [2.45, 2.75) is 6.54 Å². The third-order valence-electron chi connectivity index (χ3n) is 4.04. The van der Waals surface area contributed by atoms with Crippen molar-refractivity contribution >= 4 is 22.0 Å². The maximum absolute atomic E-state index is 11.0. The quantitative estimate of drug-likeness (QED) is 0.855. The highest BCUT2D eigenvalue weighted by atomic mass is 79.9. The van der Waals surface area contributed by atoms with E-state index >= 15 is 0 Å². The molecule has 0 saturated carbocycles. The SMILES string of the molecule is O=C(O)N1CCN(Cc2ccc(Br)cc2Oc2ccccc2)CC1. The monoisotopic (exact) mass is 390 g/mol. The molecule has 126 valence electrons. The van der Waals surface area contributed by atoms with E-state index in [1.54, 1.807) is 0 Å². The lowest BCUT2D eigenvalue weighted by Crippen LogP contribution is -2.47. The molecule has 0 atom stereocenters. The highest BCUT2D eigenvalue weighted by Crippen LogP contribution is 2.29. The van der Waals surface area contributed by atoms with Gasteiger partial charge in [-0.3, -0.25) is 4.90 Å². The highest BCUT2D eigenvalue weighted by molar-refractivity contribution is 9.10. The lowest BCUT2D eigenvalue weighted by Gasteiger charge is -2.33. The normalized spacial score (nSPS) is 15.3. The van der Waals surface area contributed by atoms with Crippen LogP contribution >= 0.6 is 15.9 Å². The molecule has 0 aromatic heterocycles. The number of nitrogens with zero attached hydrogens (tertiary/aromatic N) is 2. The first-order valence-electron chi connectivity index (χ1n) is 7.83. The average Bonchev–Trinajstić information content (AvgIpc) is 2.59. The van der Waals surface area contributed by atoms with Gasteiger partial charge in [-0.15, -0.1) is 0 Å². The number of hydrogen-bond donors (Lipinski definition) is 1. The van der Waals surface area contributed by atoms with E-state index in [9.17, 15) is 4.79 Å². The van der Waals surface area contributed by atoms with E-state index in [-0.39, 0.29) is 0 Å². The van der Waals surface area contributed by atoms with E-state index in [1.165, 1.54) is 4.90 Å². The lowest BCUT2D eigenvalue weighted by atomic mass is 10.1. The molecular formula is C18H19BrN2O3. The molecule has 0 aliphatic carbocycles. The van der Waals surface area contributed by atoms with Crippen molar-refractivity contribution in [2.75, 3.05) is 26.2 Å². The van der Waals surface area contributed by atoms with Crippen LogP contribution in [0, 0.1) is 0 Å². The molecule has 0 bridgehead atoms. The van der Waals surface area contributed by atoms with Gasteiger partial charge in [0.25, 0.3) is 0 Å². The number of carbonyl (C=O) groups is 1. The zero-order valence-corrected chi connectivity index (χ0v) is 14.8. The largest absolute Gasteiger partial charge is 0.465 e. The Labute approximate surface area is 149 Å². The Balaban J connectivity index is 1.70. The fourth-order valence-corrected chi connectivity index (χ4v) is 3.05. The van der Waals surface area contributed by atoms with Gasteiger partial charge in [0, 0.05) is 42.8 Å². The van der Waals surface area contributed by atoms with Crippen LogP contribution in [0.1, 0.15) is 5.56 Å². The first kappa shape index (κ1) is 16.8. The highest BCUT2D eigenvalue weighted by Gasteiger charge is 2.21. The smallest absolute Gasteiger partial charge is 0.407 e. The van der Waals surface area contributed by atoms with Crippen LogP contribution in [0.5, 0.6) is 11.5 Å². The summed E-state index contributed by atoms with van der Waals surface area (Å²) >= 11 is 3.49. The van der Waals surface area contributed by atoms with Gasteiger partial charge in [0.1, 0.15) is 11.5 Å². The summed E-state index contributed by atoms with van der Waals surface area (Å²) in [7, 11) is 0. The van der Waals surface area contributed by atoms with Crippen LogP contribution in [-0.4, -0.2) is 47.2 Å². The van der Waals surface area contributed by atoms with E-state index in [0.717, 1.165) is 41.2 Å². The van der Waals surface area contributed by atoms with Crippen molar-refractivity contribution in [1.82, 2.24) is 9.80 Å². The lowest BCUT2D eigenvalue weighted by molar-refractivity contribution is 0.102. The van der Waals surface area contributed by atoms with Gasteiger partial charge in [-0.25, -0.2) is 4.79 Å². The van der Waals surface area contributed by atoms with Crippen LogP contribution in [0.15, 0.2) is 53.0 Å². The van der Waals surface area contributed by atoms with Gasteiger partial charge in [-0.05, 0) is 24.3 Å². The van der Waals surface area contributed by atoms with E-state index in [4.69, 9.17) is 9.84 Å². The molecule has 3 rings (SSSR count). The summed E-state index contributed by atoms with van der Waals surface area (Å²) in [5.74, 6) is 1.61. The minimum Gasteiger partial charge on any atom is -0.465 e. The summed E-state index contributed by atoms with van der Waals surface area (Å²) in [5, 5.41) is 9.04. The molecule has 2 aromatic carbocycles. The molecule has 0 unspecified atom stereocenters. The summed E-state index contributed by atoms with van der Waals surface area (Å²) in [6, 6.07) is 15.7. The zero-order valence-electron chi connectivity index (χ0n) is 13.2. The molecule has 1 fully saturated rings. The van der Waals surface area contributed by atoms with E-state index in [1.807, 2.05) is 48.5 Å². The van der Waals surface area contributed by atoms with Crippen molar-refractivity contribution < 1.29 is 14.6 Å². The summed E-state index contributed by atoms with van der Waals surface area (Å²) in [6.45, 7) is 3.28. The van der Waals surface area contributed by atoms with Crippen LogP contribution in [0.4, 0.5) is 4.79 Å². The molecule has 0 spiro atoms. The van der Waals surface area contributed by atoms with E-state index in [0.29, 0.717) is 13.1 Å². The number of piperazine rings is 1. The number of ether oxygens (including phenoxy) is 1. The Bertz CT molecular complexity index is 701. The van der Waals surface area contributed by atoms with Crippen LogP contribution < -0.4 is 4.74 Å². The maximum atomic E-state index is 11.0. The number of para-hydroxylation sites is 1. The Morgan fingerprint density at radius 2 is 1.79 bits per heavy atom. The molecular weight excluding hydrogens is 372 g/mol. The predicted octanol–water partition coefficient (Wildman–Crippen LogP) is 4.04. The number of benzene rings is 2. The summed E-state index contributed by atoms with van der Waals surface area (Å²) in [4.78, 5) is 14.7. The minimum absolute atomic E-state index is 0.542. The van der Waals surface area contributed by atoms with Gasteiger partial charge < -0.3 is 14.7 Å². The minimum atomic E-state index is -0.841. The summed E-state index contributed by atoms with van der Waals surface area (Å²) in [5.41, 5.74) is 1.09. The number of hydrogen-bond acceptors (Lipinski definition) is 3. The maximum Gasteiger partial charge on any atom is 0.407 e. The van der Waals surface area contributed by atoms with Crippen molar-refractivity contribution in [2.24, 2.45) is 0 Å². The fourth-order valence-electron chi connectivity index (χ4n) is 2.71. The first-order chi connectivity index (χ1) is 11.6. The molecule has 1 N–H and O–H groups in total. The Morgan fingerprint density at radius 3 is 2.46 bits per heavy atom. The van der Waals surface area contributed by atoms with Gasteiger partial charge in [0.2, 0.25) is 0 Å². The summed E-state index contributed by atoms with van der Waals surface area (Å²) < 4.78 is 7.00. The molecule has 5 nitrogen and oxygen atoms in total. The van der Waals surface area contributed by atoms with Crippen molar-refractivity contribution in [3.05, 3.63) is 58.6 Å². The predicted molar refractivity (Wildman–Crippen MR) is 95.5 cm³/mol. The van der Waals surface area contributed by atoms with Gasteiger partial charge in [0.15, 0.2) is 0 Å². The van der Waals surface area contributed by atoms with Crippen LogP contribution in [0.3, 0.4) is 0 Å². The van der Waals surface area contributed by atoms with Crippen molar-refractivity contribution in [3.63, 3.8) is 0 Å². The Hall–Kier alpha value is -2.05. The van der Waals surface area contributed by atoms with Crippen molar-refractivity contribution in [3.8, 4) is 11.5 Å². The summed E-state index contributed by atoms with van der Waals surface area (Å²) in [6.07, 6.45) is -0.841. The standard InChI is InChI=1S/C18H19BrN2O3/c19-15-7-6-14(13-20-8-10-21(11-9-20)18(22)23)17(12-15)24-16-4-2-1-3-5-16/h1-7,12H,8-11,13H2,(H,22,23).